The molecule has 2 rings (SSSR count). The monoisotopic (exact) mass is 338 g/mol. The minimum absolute atomic E-state index is 0.648. The molecule has 2 nitrogen and oxygen atoms in total. The molecule has 2 atom stereocenters. The van der Waals surface area contributed by atoms with Gasteiger partial charge in [-0.25, -0.2) is 0 Å². The van der Waals surface area contributed by atoms with Crippen LogP contribution in [0.4, 0.5) is 5.69 Å². The molecule has 0 aliphatic carbocycles. The summed E-state index contributed by atoms with van der Waals surface area (Å²) < 4.78 is 1.17. The van der Waals surface area contributed by atoms with Gasteiger partial charge in [-0.15, -0.1) is 0 Å². The van der Waals surface area contributed by atoms with Gasteiger partial charge in [-0.3, -0.25) is 0 Å². The molecule has 0 spiro atoms. The van der Waals surface area contributed by atoms with E-state index in [0.29, 0.717) is 12.0 Å². The van der Waals surface area contributed by atoms with Gasteiger partial charge >= 0.3 is 0 Å². The summed E-state index contributed by atoms with van der Waals surface area (Å²) in [6, 6.07) is 7.34. The minimum Gasteiger partial charge on any atom is -0.368 e. The highest BCUT2D eigenvalue weighted by molar-refractivity contribution is 9.10. The van der Waals surface area contributed by atoms with E-state index in [1.54, 1.807) is 0 Å². The fraction of sp³-hybridized carbons (Fsp3) is 0.647. The second-order valence-electron chi connectivity index (χ2n) is 6.64. The standard InChI is InChI=1S/C17H27BrN2/c1-12(2)9-19-10-15-8-16(18)5-6-17(15)20-11-13(3)7-14(20)4/h5-6,8,12-14,19H,7,9-11H2,1-4H3. The van der Waals surface area contributed by atoms with Crippen LogP contribution in [0.5, 0.6) is 0 Å². The molecule has 1 saturated heterocycles. The van der Waals surface area contributed by atoms with Crippen molar-refractivity contribution >= 4 is 21.6 Å². The number of anilines is 1. The maximum atomic E-state index is 3.61. The lowest BCUT2D eigenvalue weighted by Crippen LogP contribution is -2.29. The van der Waals surface area contributed by atoms with Gasteiger partial charge in [0, 0.05) is 29.3 Å². The SMILES string of the molecule is CC(C)CNCc1cc(Br)ccc1N1CC(C)CC1C. The van der Waals surface area contributed by atoms with Gasteiger partial charge in [0.05, 0.1) is 0 Å². The summed E-state index contributed by atoms with van der Waals surface area (Å²) in [5, 5.41) is 3.57. The number of rotatable bonds is 5. The molecule has 1 heterocycles. The van der Waals surface area contributed by atoms with Crippen LogP contribution in [0.1, 0.15) is 39.7 Å². The summed E-state index contributed by atoms with van der Waals surface area (Å²) in [5.74, 6) is 1.49. The fourth-order valence-electron chi connectivity index (χ4n) is 3.11. The lowest BCUT2D eigenvalue weighted by molar-refractivity contribution is 0.551. The highest BCUT2D eigenvalue weighted by atomic mass is 79.9. The van der Waals surface area contributed by atoms with Crippen molar-refractivity contribution in [2.75, 3.05) is 18.0 Å². The zero-order chi connectivity index (χ0) is 14.7. The molecule has 20 heavy (non-hydrogen) atoms. The number of hydrogen-bond acceptors (Lipinski definition) is 2. The number of benzene rings is 1. The largest absolute Gasteiger partial charge is 0.368 e. The summed E-state index contributed by atoms with van der Waals surface area (Å²) in [4.78, 5) is 2.57. The highest BCUT2D eigenvalue weighted by Crippen LogP contribution is 2.32. The van der Waals surface area contributed by atoms with E-state index in [2.05, 4.69) is 72.0 Å². The van der Waals surface area contributed by atoms with Crippen molar-refractivity contribution in [2.24, 2.45) is 11.8 Å². The van der Waals surface area contributed by atoms with Crippen molar-refractivity contribution in [3.05, 3.63) is 28.2 Å². The second-order valence-corrected chi connectivity index (χ2v) is 7.56. The molecule has 0 radical (unpaired) electrons. The van der Waals surface area contributed by atoms with Gasteiger partial charge in [0.2, 0.25) is 0 Å². The highest BCUT2D eigenvalue weighted by Gasteiger charge is 2.27. The topological polar surface area (TPSA) is 15.3 Å². The van der Waals surface area contributed by atoms with Crippen LogP contribution in [-0.4, -0.2) is 19.1 Å². The molecule has 1 N–H and O–H groups in total. The zero-order valence-electron chi connectivity index (χ0n) is 13.1. The number of halogens is 1. The molecule has 1 aliphatic heterocycles. The van der Waals surface area contributed by atoms with Crippen molar-refractivity contribution < 1.29 is 0 Å². The molecule has 0 bridgehead atoms. The van der Waals surface area contributed by atoms with Gasteiger partial charge in [0.15, 0.2) is 0 Å². The lowest BCUT2D eigenvalue weighted by Gasteiger charge is -2.27. The van der Waals surface area contributed by atoms with E-state index in [-0.39, 0.29) is 0 Å². The van der Waals surface area contributed by atoms with Gasteiger partial charge in [0.25, 0.3) is 0 Å². The third kappa shape index (κ3) is 3.98. The smallest absolute Gasteiger partial charge is 0.0415 e. The van der Waals surface area contributed by atoms with Crippen LogP contribution in [-0.2, 0) is 6.54 Å². The van der Waals surface area contributed by atoms with Gasteiger partial charge in [-0.1, -0.05) is 36.7 Å². The first-order valence-electron chi connectivity index (χ1n) is 7.73. The molecule has 1 aromatic rings. The van der Waals surface area contributed by atoms with E-state index in [0.717, 1.165) is 19.0 Å². The van der Waals surface area contributed by atoms with Crippen molar-refractivity contribution in [1.82, 2.24) is 5.32 Å². The first-order valence-corrected chi connectivity index (χ1v) is 8.52. The van der Waals surface area contributed by atoms with Gasteiger partial charge in [-0.2, -0.15) is 0 Å². The van der Waals surface area contributed by atoms with Crippen LogP contribution >= 0.6 is 15.9 Å². The summed E-state index contributed by atoms with van der Waals surface area (Å²) in [6.07, 6.45) is 1.30. The summed E-state index contributed by atoms with van der Waals surface area (Å²) in [7, 11) is 0. The summed E-state index contributed by atoms with van der Waals surface area (Å²) in [6.45, 7) is 12.4. The molecule has 0 aromatic heterocycles. The number of nitrogens with one attached hydrogen (secondary N) is 1. The average Bonchev–Trinajstić information content (AvgIpc) is 2.68. The Morgan fingerprint density at radius 2 is 2.10 bits per heavy atom. The predicted octanol–water partition coefficient (Wildman–Crippen LogP) is 4.43. The van der Waals surface area contributed by atoms with Crippen molar-refractivity contribution in [1.29, 1.82) is 0 Å². The van der Waals surface area contributed by atoms with E-state index in [9.17, 15) is 0 Å². The number of hydrogen-bond donors (Lipinski definition) is 1. The second kappa shape index (κ2) is 6.95. The van der Waals surface area contributed by atoms with Crippen LogP contribution in [0, 0.1) is 11.8 Å². The van der Waals surface area contributed by atoms with Crippen LogP contribution in [0.2, 0.25) is 0 Å². The molecule has 0 saturated carbocycles. The van der Waals surface area contributed by atoms with E-state index >= 15 is 0 Å². The normalized spacial score (nSPS) is 22.8. The molecule has 2 unspecified atom stereocenters. The van der Waals surface area contributed by atoms with E-state index in [4.69, 9.17) is 0 Å². The average molecular weight is 339 g/mol. The maximum Gasteiger partial charge on any atom is 0.0415 e. The van der Waals surface area contributed by atoms with Crippen LogP contribution < -0.4 is 10.2 Å². The lowest BCUT2D eigenvalue weighted by atomic mass is 10.1. The third-order valence-electron chi connectivity index (χ3n) is 4.00. The quantitative estimate of drug-likeness (QED) is 0.854. The van der Waals surface area contributed by atoms with E-state index < -0.39 is 0 Å². The predicted molar refractivity (Wildman–Crippen MR) is 91.3 cm³/mol. The fourth-order valence-corrected chi connectivity index (χ4v) is 3.52. The van der Waals surface area contributed by atoms with Crippen molar-refractivity contribution in [3.63, 3.8) is 0 Å². The molecular weight excluding hydrogens is 312 g/mol. The number of nitrogens with zero attached hydrogens (tertiary/aromatic N) is 1. The van der Waals surface area contributed by atoms with Crippen LogP contribution in [0.3, 0.4) is 0 Å². The molecule has 1 aliphatic rings. The maximum absolute atomic E-state index is 3.61. The van der Waals surface area contributed by atoms with Crippen molar-refractivity contribution in [3.8, 4) is 0 Å². The Kier molecular flexibility index (Phi) is 5.50. The molecule has 1 fully saturated rings. The molecule has 3 heteroatoms. The molecule has 0 amide bonds. The Bertz CT molecular complexity index is 445. The third-order valence-corrected chi connectivity index (χ3v) is 4.50. The Labute approximate surface area is 132 Å². The summed E-state index contributed by atoms with van der Waals surface area (Å²) in [5.41, 5.74) is 2.81. The molecule has 112 valence electrons. The van der Waals surface area contributed by atoms with E-state index in [1.165, 1.54) is 28.7 Å². The van der Waals surface area contributed by atoms with Crippen LogP contribution in [0.15, 0.2) is 22.7 Å². The Morgan fingerprint density at radius 1 is 1.35 bits per heavy atom. The first kappa shape index (κ1) is 15.8. The summed E-state index contributed by atoms with van der Waals surface area (Å²) >= 11 is 3.61. The Morgan fingerprint density at radius 3 is 2.70 bits per heavy atom. The van der Waals surface area contributed by atoms with Gasteiger partial charge in [-0.05, 0) is 55.5 Å². The Balaban J connectivity index is 2.15. The molecular formula is C17H27BrN2. The van der Waals surface area contributed by atoms with E-state index in [1.807, 2.05) is 0 Å². The zero-order valence-corrected chi connectivity index (χ0v) is 14.7. The first-order chi connectivity index (χ1) is 9.47. The minimum atomic E-state index is 0.648. The molecule has 1 aromatic carbocycles. The van der Waals surface area contributed by atoms with Gasteiger partial charge in [0.1, 0.15) is 0 Å². The van der Waals surface area contributed by atoms with Gasteiger partial charge < -0.3 is 10.2 Å². The Hall–Kier alpha value is -0.540. The van der Waals surface area contributed by atoms with Crippen molar-refractivity contribution in [2.45, 2.75) is 46.7 Å². The van der Waals surface area contributed by atoms with Crippen LogP contribution in [0.25, 0.3) is 0 Å².